The molecule has 2 aromatic heterocycles. The molecule has 0 fully saturated rings. The molecule has 2 aromatic rings. The first kappa shape index (κ1) is 9.36. The van der Waals surface area contributed by atoms with Gasteiger partial charge in [-0.05, 0) is 19.1 Å². The van der Waals surface area contributed by atoms with Crippen molar-refractivity contribution < 1.29 is 4.74 Å². The lowest BCUT2D eigenvalue weighted by Gasteiger charge is -1.89. The molecule has 74 valence electrons. The Morgan fingerprint density at radius 1 is 1.50 bits per heavy atom. The lowest BCUT2D eigenvalue weighted by molar-refractivity contribution is 0.178. The minimum absolute atomic E-state index is 0.470. The summed E-state index contributed by atoms with van der Waals surface area (Å²) in [6.45, 7) is 2.54. The Bertz CT molecular complexity index is 421. The number of nitrogens with zero attached hydrogens (tertiary/aromatic N) is 2. The third-order valence-electron chi connectivity index (χ3n) is 1.77. The van der Waals surface area contributed by atoms with Gasteiger partial charge >= 0.3 is 0 Å². The van der Waals surface area contributed by atoms with Gasteiger partial charge in [0, 0.05) is 12.0 Å². The summed E-state index contributed by atoms with van der Waals surface area (Å²) in [6, 6.07) is 4.09. The topological polar surface area (TPSA) is 50.8 Å². The first-order valence-electron chi connectivity index (χ1n) is 4.26. The monoisotopic (exact) mass is 209 g/mol. The quantitative estimate of drug-likeness (QED) is 0.841. The van der Waals surface area contributed by atoms with Gasteiger partial charge in [0.15, 0.2) is 11.6 Å². The van der Waals surface area contributed by atoms with Crippen molar-refractivity contribution in [2.45, 2.75) is 13.5 Å². The molecule has 2 rings (SSSR count). The third-order valence-corrected chi connectivity index (χ3v) is 2.77. The zero-order valence-corrected chi connectivity index (χ0v) is 8.89. The van der Waals surface area contributed by atoms with Gasteiger partial charge in [0.1, 0.15) is 6.61 Å². The zero-order chi connectivity index (χ0) is 9.97. The molecular formula is C9H11N3OS. The van der Waals surface area contributed by atoms with E-state index in [1.165, 1.54) is 4.88 Å². The Labute approximate surface area is 86.0 Å². The fraction of sp³-hybridized carbons (Fsp3) is 0.333. The molecule has 0 atom stereocenters. The molecule has 0 amide bonds. The van der Waals surface area contributed by atoms with Crippen LogP contribution in [0.15, 0.2) is 12.1 Å². The van der Waals surface area contributed by atoms with Crippen LogP contribution in [0.4, 0.5) is 0 Å². The summed E-state index contributed by atoms with van der Waals surface area (Å²) in [5.74, 6) is 1.50. The number of hydrogen-bond donors (Lipinski definition) is 1. The highest BCUT2D eigenvalue weighted by Gasteiger charge is 2.06. The normalized spacial score (nSPS) is 10.7. The molecule has 14 heavy (non-hydrogen) atoms. The van der Waals surface area contributed by atoms with Gasteiger partial charge < -0.3 is 4.74 Å². The second-order valence-corrected chi connectivity index (χ2v) is 4.24. The number of methoxy groups -OCH3 is 1. The van der Waals surface area contributed by atoms with Crippen LogP contribution in [-0.4, -0.2) is 22.3 Å². The smallest absolute Gasteiger partial charge is 0.191 e. The van der Waals surface area contributed by atoms with E-state index in [4.69, 9.17) is 4.74 Å². The number of aromatic nitrogens is 3. The Hall–Kier alpha value is -1.20. The van der Waals surface area contributed by atoms with E-state index in [-0.39, 0.29) is 0 Å². The summed E-state index contributed by atoms with van der Waals surface area (Å²) >= 11 is 1.69. The number of aromatic amines is 1. The molecule has 0 aromatic carbocycles. The number of rotatable bonds is 3. The van der Waals surface area contributed by atoms with Crippen LogP contribution in [0.5, 0.6) is 0 Å². The third kappa shape index (κ3) is 1.83. The number of thiophene rings is 1. The molecule has 0 saturated heterocycles. The van der Waals surface area contributed by atoms with Crippen molar-refractivity contribution in [1.82, 2.24) is 15.2 Å². The highest BCUT2D eigenvalue weighted by Crippen LogP contribution is 2.24. The lowest BCUT2D eigenvalue weighted by Crippen LogP contribution is -1.89. The van der Waals surface area contributed by atoms with Gasteiger partial charge in [0.05, 0.1) is 4.88 Å². The molecule has 0 radical (unpaired) electrons. The van der Waals surface area contributed by atoms with Crippen molar-refractivity contribution in [3.05, 3.63) is 22.8 Å². The van der Waals surface area contributed by atoms with Crippen LogP contribution in [0, 0.1) is 6.92 Å². The van der Waals surface area contributed by atoms with E-state index in [0.29, 0.717) is 6.61 Å². The molecule has 0 aliphatic rings. The van der Waals surface area contributed by atoms with Gasteiger partial charge in [-0.1, -0.05) is 0 Å². The minimum atomic E-state index is 0.470. The summed E-state index contributed by atoms with van der Waals surface area (Å²) in [5, 5.41) is 6.95. The van der Waals surface area contributed by atoms with Crippen LogP contribution >= 0.6 is 11.3 Å². The maximum atomic E-state index is 4.95. The molecule has 0 bridgehead atoms. The lowest BCUT2D eigenvalue weighted by atomic mass is 10.4. The average Bonchev–Trinajstić information content (AvgIpc) is 2.74. The van der Waals surface area contributed by atoms with Crippen LogP contribution < -0.4 is 0 Å². The summed E-state index contributed by atoms with van der Waals surface area (Å²) in [4.78, 5) is 6.65. The van der Waals surface area contributed by atoms with E-state index in [0.717, 1.165) is 16.5 Å². The highest BCUT2D eigenvalue weighted by atomic mass is 32.1. The molecule has 0 spiro atoms. The second-order valence-electron chi connectivity index (χ2n) is 2.95. The number of H-pyrrole nitrogens is 1. The maximum absolute atomic E-state index is 4.95. The summed E-state index contributed by atoms with van der Waals surface area (Å²) in [6.07, 6.45) is 0. The Morgan fingerprint density at radius 3 is 3.00 bits per heavy atom. The van der Waals surface area contributed by atoms with Gasteiger partial charge in [-0.15, -0.1) is 11.3 Å². The molecule has 0 unspecified atom stereocenters. The summed E-state index contributed by atoms with van der Waals surface area (Å²) in [5.41, 5.74) is 0. The molecule has 4 nitrogen and oxygen atoms in total. The minimum Gasteiger partial charge on any atom is -0.377 e. The van der Waals surface area contributed by atoms with E-state index in [1.807, 2.05) is 6.07 Å². The summed E-state index contributed by atoms with van der Waals surface area (Å²) < 4.78 is 4.95. The largest absolute Gasteiger partial charge is 0.377 e. The molecular weight excluding hydrogens is 198 g/mol. The van der Waals surface area contributed by atoms with Crippen LogP contribution in [-0.2, 0) is 11.3 Å². The number of ether oxygens (including phenoxy) is 1. The molecule has 0 aliphatic heterocycles. The maximum Gasteiger partial charge on any atom is 0.191 e. The Morgan fingerprint density at radius 2 is 2.36 bits per heavy atom. The van der Waals surface area contributed by atoms with Gasteiger partial charge in [-0.2, -0.15) is 5.10 Å². The van der Waals surface area contributed by atoms with Crippen LogP contribution in [0.1, 0.15) is 10.7 Å². The van der Waals surface area contributed by atoms with E-state index >= 15 is 0 Å². The van der Waals surface area contributed by atoms with Crippen molar-refractivity contribution in [2.24, 2.45) is 0 Å². The molecule has 0 aliphatic carbocycles. The standard InChI is InChI=1S/C9H11N3OS/c1-6-3-4-7(14-6)9-10-8(5-13-2)11-12-9/h3-4H,5H2,1-2H3,(H,10,11,12). The average molecular weight is 209 g/mol. The van der Waals surface area contributed by atoms with Crippen LogP contribution in [0.2, 0.25) is 0 Å². The van der Waals surface area contributed by atoms with Crippen molar-refractivity contribution in [2.75, 3.05) is 7.11 Å². The predicted molar refractivity (Wildman–Crippen MR) is 55.1 cm³/mol. The van der Waals surface area contributed by atoms with Crippen molar-refractivity contribution in [3.63, 3.8) is 0 Å². The molecule has 2 heterocycles. The van der Waals surface area contributed by atoms with E-state index in [1.54, 1.807) is 18.4 Å². The first-order chi connectivity index (χ1) is 6.79. The van der Waals surface area contributed by atoms with Gasteiger partial charge in [0.25, 0.3) is 0 Å². The zero-order valence-electron chi connectivity index (χ0n) is 8.07. The fourth-order valence-corrected chi connectivity index (χ4v) is 1.96. The Kier molecular flexibility index (Phi) is 2.60. The highest BCUT2D eigenvalue weighted by molar-refractivity contribution is 7.15. The Balaban J connectivity index is 2.24. The number of hydrogen-bond acceptors (Lipinski definition) is 4. The van der Waals surface area contributed by atoms with Crippen molar-refractivity contribution in [1.29, 1.82) is 0 Å². The van der Waals surface area contributed by atoms with Crippen molar-refractivity contribution >= 4 is 11.3 Å². The van der Waals surface area contributed by atoms with Gasteiger partial charge in [-0.25, -0.2) is 4.98 Å². The van der Waals surface area contributed by atoms with Crippen LogP contribution in [0.25, 0.3) is 10.7 Å². The van der Waals surface area contributed by atoms with E-state index in [9.17, 15) is 0 Å². The van der Waals surface area contributed by atoms with Gasteiger partial charge in [0.2, 0.25) is 0 Å². The first-order valence-corrected chi connectivity index (χ1v) is 5.08. The molecule has 1 N–H and O–H groups in total. The van der Waals surface area contributed by atoms with Crippen molar-refractivity contribution in [3.8, 4) is 10.7 Å². The predicted octanol–water partition coefficient (Wildman–Crippen LogP) is 1.99. The fourth-order valence-electron chi connectivity index (χ4n) is 1.16. The molecule has 5 heteroatoms. The van der Waals surface area contributed by atoms with Crippen LogP contribution in [0.3, 0.4) is 0 Å². The SMILES string of the molecule is COCc1nc(-c2ccc(C)s2)n[nH]1. The number of aryl methyl sites for hydroxylation is 1. The van der Waals surface area contributed by atoms with E-state index < -0.39 is 0 Å². The van der Waals surface area contributed by atoms with Gasteiger partial charge in [-0.3, -0.25) is 5.10 Å². The second kappa shape index (κ2) is 3.89. The molecule has 0 saturated carbocycles. The summed E-state index contributed by atoms with van der Waals surface area (Å²) in [7, 11) is 1.64. The number of nitrogens with one attached hydrogen (secondary N) is 1. The van der Waals surface area contributed by atoms with E-state index in [2.05, 4.69) is 28.2 Å².